The predicted molar refractivity (Wildman–Crippen MR) is 89.9 cm³/mol. The van der Waals surface area contributed by atoms with Gasteiger partial charge in [0.05, 0.1) is 12.9 Å². The first-order chi connectivity index (χ1) is 10.7. The highest BCUT2D eigenvalue weighted by atomic mass is 16.5. The van der Waals surface area contributed by atoms with E-state index in [2.05, 4.69) is 46.9 Å². The van der Waals surface area contributed by atoms with Crippen LogP contribution in [0.2, 0.25) is 0 Å². The quantitative estimate of drug-likeness (QED) is 0.683. The number of rotatable bonds is 10. The maximum atomic E-state index is 5.80. The smallest absolute Gasteiger partial charge is 0.119 e. The fourth-order valence-corrected chi connectivity index (χ4v) is 2.20. The molecule has 1 heterocycles. The van der Waals surface area contributed by atoms with Crippen molar-refractivity contribution < 1.29 is 4.74 Å². The summed E-state index contributed by atoms with van der Waals surface area (Å²) in [7, 11) is 0. The van der Waals surface area contributed by atoms with Gasteiger partial charge in [0.1, 0.15) is 5.75 Å². The van der Waals surface area contributed by atoms with Gasteiger partial charge in [-0.25, -0.2) is 4.98 Å². The van der Waals surface area contributed by atoms with Gasteiger partial charge in [-0.3, -0.25) is 0 Å². The first-order valence-corrected chi connectivity index (χ1v) is 8.12. The van der Waals surface area contributed by atoms with Crippen LogP contribution in [0.1, 0.15) is 32.3 Å². The highest BCUT2D eigenvalue weighted by Gasteiger charge is 1.99. The van der Waals surface area contributed by atoms with Crippen LogP contribution >= 0.6 is 0 Å². The number of aromatic nitrogens is 2. The average Bonchev–Trinajstić information content (AvgIpc) is 3.00. The van der Waals surface area contributed by atoms with Crippen LogP contribution in [0.25, 0.3) is 0 Å². The molecule has 0 amide bonds. The van der Waals surface area contributed by atoms with E-state index in [1.807, 2.05) is 24.8 Å². The van der Waals surface area contributed by atoms with Crippen LogP contribution < -0.4 is 10.1 Å². The largest absolute Gasteiger partial charge is 0.494 e. The fraction of sp³-hybridized carbons (Fsp3) is 0.500. The Kier molecular flexibility index (Phi) is 6.97. The SMILES string of the molecule is CC(C)CCOc1cccc(CNCCCn2ccnc2)c1. The van der Waals surface area contributed by atoms with E-state index >= 15 is 0 Å². The van der Waals surface area contributed by atoms with Crippen molar-refractivity contribution >= 4 is 0 Å². The van der Waals surface area contributed by atoms with Crippen molar-refractivity contribution in [3.8, 4) is 5.75 Å². The van der Waals surface area contributed by atoms with Gasteiger partial charge in [0.25, 0.3) is 0 Å². The second-order valence-corrected chi connectivity index (χ2v) is 6.01. The number of nitrogens with zero attached hydrogens (tertiary/aromatic N) is 2. The number of hydrogen-bond acceptors (Lipinski definition) is 3. The molecule has 120 valence electrons. The number of ether oxygens (including phenoxy) is 1. The lowest BCUT2D eigenvalue weighted by molar-refractivity contribution is 0.289. The highest BCUT2D eigenvalue weighted by Crippen LogP contribution is 2.14. The summed E-state index contributed by atoms with van der Waals surface area (Å²) in [6, 6.07) is 8.36. The lowest BCUT2D eigenvalue weighted by Crippen LogP contribution is -2.16. The van der Waals surface area contributed by atoms with E-state index in [-0.39, 0.29) is 0 Å². The van der Waals surface area contributed by atoms with Crippen molar-refractivity contribution in [2.24, 2.45) is 5.92 Å². The third-order valence-electron chi connectivity index (χ3n) is 3.52. The number of aryl methyl sites for hydroxylation is 1. The van der Waals surface area contributed by atoms with Crippen molar-refractivity contribution in [2.75, 3.05) is 13.2 Å². The number of benzene rings is 1. The lowest BCUT2D eigenvalue weighted by Gasteiger charge is -2.10. The highest BCUT2D eigenvalue weighted by molar-refractivity contribution is 5.28. The molecule has 0 saturated heterocycles. The molecule has 0 fully saturated rings. The Hall–Kier alpha value is -1.81. The van der Waals surface area contributed by atoms with Crippen LogP contribution in [0.3, 0.4) is 0 Å². The summed E-state index contributed by atoms with van der Waals surface area (Å²) in [5.41, 5.74) is 1.27. The minimum Gasteiger partial charge on any atom is -0.494 e. The maximum absolute atomic E-state index is 5.80. The van der Waals surface area contributed by atoms with Crippen LogP contribution in [0.15, 0.2) is 43.0 Å². The first-order valence-electron chi connectivity index (χ1n) is 8.12. The van der Waals surface area contributed by atoms with E-state index < -0.39 is 0 Å². The van der Waals surface area contributed by atoms with Crippen molar-refractivity contribution in [1.29, 1.82) is 0 Å². The lowest BCUT2D eigenvalue weighted by atomic mass is 10.1. The molecule has 0 unspecified atom stereocenters. The Morgan fingerprint density at radius 3 is 3.00 bits per heavy atom. The van der Waals surface area contributed by atoms with Gasteiger partial charge in [-0.15, -0.1) is 0 Å². The van der Waals surface area contributed by atoms with E-state index in [4.69, 9.17) is 4.74 Å². The molecule has 0 atom stereocenters. The molecule has 1 aromatic heterocycles. The minimum absolute atomic E-state index is 0.681. The summed E-state index contributed by atoms with van der Waals surface area (Å²) in [6.45, 7) is 8.10. The molecule has 2 rings (SSSR count). The Balaban J connectivity index is 1.64. The van der Waals surface area contributed by atoms with Gasteiger partial charge in [-0.2, -0.15) is 0 Å². The molecule has 2 aromatic rings. The molecule has 4 heteroatoms. The summed E-state index contributed by atoms with van der Waals surface area (Å²) >= 11 is 0. The second-order valence-electron chi connectivity index (χ2n) is 6.01. The Morgan fingerprint density at radius 2 is 2.23 bits per heavy atom. The van der Waals surface area contributed by atoms with E-state index in [0.717, 1.165) is 44.8 Å². The van der Waals surface area contributed by atoms with Crippen LogP contribution in [0, 0.1) is 5.92 Å². The van der Waals surface area contributed by atoms with Crippen molar-refractivity contribution in [3.05, 3.63) is 48.5 Å². The molecule has 0 saturated carbocycles. The maximum Gasteiger partial charge on any atom is 0.119 e. The summed E-state index contributed by atoms with van der Waals surface area (Å²) in [5.74, 6) is 1.65. The summed E-state index contributed by atoms with van der Waals surface area (Å²) < 4.78 is 7.90. The van der Waals surface area contributed by atoms with Gasteiger partial charge in [0, 0.05) is 25.5 Å². The summed E-state index contributed by atoms with van der Waals surface area (Å²) in [4.78, 5) is 4.04. The monoisotopic (exact) mass is 301 g/mol. The molecule has 4 nitrogen and oxygen atoms in total. The van der Waals surface area contributed by atoms with Crippen LogP contribution in [0.4, 0.5) is 0 Å². The summed E-state index contributed by atoms with van der Waals surface area (Å²) in [5, 5.41) is 3.48. The minimum atomic E-state index is 0.681. The predicted octanol–water partition coefficient (Wildman–Crippen LogP) is 3.49. The van der Waals surface area contributed by atoms with E-state index in [0.29, 0.717) is 5.92 Å². The molecular formula is C18H27N3O. The van der Waals surface area contributed by atoms with E-state index in [9.17, 15) is 0 Å². The summed E-state index contributed by atoms with van der Waals surface area (Å²) in [6.07, 6.45) is 7.87. The third-order valence-corrected chi connectivity index (χ3v) is 3.52. The molecule has 1 N–H and O–H groups in total. The van der Waals surface area contributed by atoms with Gasteiger partial charge in [0.15, 0.2) is 0 Å². The van der Waals surface area contributed by atoms with Crippen molar-refractivity contribution in [3.63, 3.8) is 0 Å². The van der Waals surface area contributed by atoms with Crippen molar-refractivity contribution in [2.45, 2.75) is 39.8 Å². The number of nitrogens with one attached hydrogen (secondary N) is 1. The standard InChI is InChI=1S/C18H27N3O/c1-16(2)7-12-22-18-6-3-5-17(13-18)14-19-8-4-10-21-11-9-20-15-21/h3,5-6,9,11,13,15-16,19H,4,7-8,10,12,14H2,1-2H3. The zero-order valence-electron chi connectivity index (χ0n) is 13.7. The Labute approximate surface area is 133 Å². The Morgan fingerprint density at radius 1 is 1.32 bits per heavy atom. The zero-order chi connectivity index (χ0) is 15.6. The van der Waals surface area contributed by atoms with Crippen LogP contribution in [-0.2, 0) is 13.1 Å². The average molecular weight is 301 g/mol. The van der Waals surface area contributed by atoms with Crippen LogP contribution in [-0.4, -0.2) is 22.7 Å². The third kappa shape index (κ3) is 6.31. The van der Waals surface area contributed by atoms with E-state index in [1.54, 1.807) is 0 Å². The van der Waals surface area contributed by atoms with Gasteiger partial charge in [-0.05, 0) is 43.0 Å². The molecule has 0 radical (unpaired) electrons. The van der Waals surface area contributed by atoms with Crippen molar-refractivity contribution in [1.82, 2.24) is 14.9 Å². The van der Waals surface area contributed by atoms with Gasteiger partial charge in [-0.1, -0.05) is 26.0 Å². The zero-order valence-corrected chi connectivity index (χ0v) is 13.7. The number of hydrogen-bond donors (Lipinski definition) is 1. The molecule has 0 spiro atoms. The Bertz CT molecular complexity index is 523. The molecule has 22 heavy (non-hydrogen) atoms. The van der Waals surface area contributed by atoms with Gasteiger partial charge >= 0.3 is 0 Å². The molecule has 1 aromatic carbocycles. The fourth-order valence-electron chi connectivity index (χ4n) is 2.20. The molecule has 0 aliphatic carbocycles. The first kappa shape index (κ1) is 16.6. The molecular weight excluding hydrogens is 274 g/mol. The van der Waals surface area contributed by atoms with Crippen LogP contribution in [0.5, 0.6) is 5.75 Å². The topological polar surface area (TPSA) is 39.1 Å². The normalized spacial score (nSPS) is 11.0. The number of imidazole rings is 1. The molecule has 0 aliphatic heterocycles. The second kappa shape index (κ2) is 9.26. The molecule has 0 bridgehead atoms. The van der Waals surface area contributed by atoms with E-state index in [1.165, 1.54) is 5.56 Å². The molecule has 0 aliphatic rings. The van der Waals surface area contributed by atoms with Gasteiger partial charge in [0.2, 0.25) is 0 Å². The van der Waals surface area contributed by atoms with Gasteiger partial charge < -0.3 is 14.6 Å².